The first-order valence-electron chi connectivity index (χ1n) is 7.68. The fraction of sp³-hybridized carbons (Fsp3) is 0.235. The van der Waals surface area contributed by atoms with Gasteiger partial charge in [0.2, 0.25) is 0 Å². The molecule has 0 fully saturated rings. The number of nitro benzene ring substituents is 1. The topological polar surface area (TPSA) is 107 Å². The molecule has 0 spiro atoms. The summed E-state index contributed by atoms with van der Waals surface area (Å²) in [6, 6.07) is 9.60. The van der Waals surface area contributed by atoms with Crippen molar-refractivity contribution in [2.45, 2.75) is 18.7 Å². The van der Waals surface area contributed by atoms with E-state index >= 15 is 0 Å². The van der Waals surface area contributed by atoms with Gasteiger partial charge in [-0.05, 0) is 43.7 Å². The molecule has 8 nitrogen and oxygen atoms in total. The average molecular weight is 378 g/mol. The van der Waals surface area contributed by atoms with Crippen LogP contribution in [0.2, 0.25) is 0 Å². The van der Waals surface area contributed by atoms with E-state index in [-0.39, 0.29) is 22.7 Å². The number of nitro groups is 1. The zero-order valence-corrected chi connectivity index (χ0v) is 15.3. The van der Waals surface area contributed by atoms with Crippen molar-refractivity contribution in [1.29, 1.82) is 0 Å². The molecule has 0 bridgehead atoms. The van der Waals surface area contributed by atoms with Crippen molar-refractivity contribution in [2.24, 2.45) is 0 Å². The number of ether oxygens (including phenoxy) is 1. The average Bonchev–Trinajstić information content (AvgIpc) is 2.62. The minimum Gasteiger partial charge on any atom is -0.465 e. The summed E-state index contributed by atoms with van der Waals surface area (Å²) in [6.45, 7) is 3.34. The second-order valence-corrected chi connectivity index (χ2v) is 7.25. The third-order valence-electron chi connectivity index (χ3n) is 3.81. The van der Waals surface area contributed by atoms with Gasteiger partial charge >= 0.3 is 5.97 Å². The van der Waals surface area contributed by atoms with Gasteiger partial charge in [-0.25, -0.2) is 13.2 Å². The van der Waals surface area contributed by atoms with Crippen LogP contribution in [-0.4, -0.2) is 33.0 Å². The minimum atomic E-state index is -4.02. The zero-order chi connectivity index (χ0) is 19.5. The Morgan fingerprint density at radius 2 is 1.81 bits per heavy atom. The molecule has 0 radical (unpaired) electrons. The number of carbonyl (C=O) groups excluding carboxylic acids is 1. The number of methoxy groups -OCH3 is 1. The van der Waals surface area contributed by atoms with E-state index in [1.165, 1.54) is 43.5 Å². The van der Waals surface area contributed by atoms with Crippen LogP contribution in [-0.2, 0) is 14.8 Å². The standard InChI is InChI=1S/C17H18N2O6S/c1-4-18(14-9-6-13(7-10-14)17(20)25-3)26(23,24)16-11-15(19(21)22)8-5-12(16)2/h5-11H,4H2,1-3H3. The van der Waals surface area contributed by atoms with Crippen LogP contribution in [0.5, 0.6) is 0 Å². The maximum absolute atomic E-state index is 13.0. The SMILES string of the molecule is CCN(c1ccc(C(=O)OC)cc1)S(=O)(=O)c1cc([N+](=O)[O-])ccc1C. The summed E-state index contributed by atoms with van der Waals surface area (Å²) < 4.78 is 31.8. The number of aryl methyl sites for hydroxylation is 1. The molecule has 0 aliphatic carbocycles. The molecule has 0 saturated heterocycles. The molecular formula is C17H18N2O6S. The zero-order valence-electron chi connectivity index (χ0n) is 14.5. The van der Waals surface area contributed by atoms with Gasteiger partial charge < -0.3 is 4.74 Å². The molecule has 0 aliphatic heterocycles. The van der Waals surface area contributed by atoms with Crippen molar-refractivity contribution in [1.82, 2.24) is 0 Å². The van der Waals surface area contributed by atoms with Crippen molar-refractivity contribution in [3.63, 3.8) is 0 Å². The second kappa shape index (κ2) is 7.52. The van der Waals surface area contributed by atoms with Crippen LogP contribution in [0.25, 0.3) is 0 Å². The van der Waals surface area contributed by atoms with E-state index in [0.29, 0.717) is 11.3 Å². The van der Waals surface area contributed by atoms with Crippen LogP contribution >= 0.6 is 0 Å². The maximum Gasteiger partial charge on any atom is 0.337 e. The van der Waals surface area contributed by atoms with Crippen LogP contribution in [0.4, 0.5) is 11.4 Å². The summed E-state index contributed by atoms with van der Waals surface area (Å²) in [7, 11) is -2.76. The number of rotatable bonds is 6. The van der Waals surface area contributed by atoms with Crippen molar-refractivity contribution >= 4 is 27.4 Å². The Kier molecular flexibility index (Phi) is 5.61. The molecule has 138 valence electrons. The Morgan fingerprint density at radius 1 is 1.19 bits per heavy atom. The summed E-state index contributed by atoms with van der Waals surface area (Å²) in [6.07, 6.45) is 0. The largest absolute Gasteiger partial charge is 0.465 e. The van der Waals surface area contributed by atoms with Gasteiger partial charge in [-0.1, -0.05) is 6.07 Å². The second-order valence-electron chi connectivity index (χ2n) is 5.42. The lowest BCUT2D eigenvalue weighted by molar-refractivity contribution is -0.385. The highest BCUT2D eigenvalue weighted by Crippen LogP contribution is 2.28. The van der Waals surface area contributed by atoms with Gasteiger partial charge in [0.15, 0.2) is 0 Å². The predicted octanol–water partition coefficient (Wildman–Crippen LogP) is 2.91. The normalized spacial score (nSPS) is 11.0. The first-order valence-corrected chi connectivity index (χ1v) is 9.12. The van der Waals surface area contributed by atoms with E-state index in [1.807, 2.05) is 0 Å². The highest BCUT2D eigenvalue weighted by molar-refractivity contribution is 7.92. The van der Waals surface area contributed by atoms with Gasteiger partial charge in [0.25, 0.3) is 15.7 Å². The third-order valence-corrected chi connectivity index (χ3v) is 5.86. The molecule has 2 aromatic carbocycles. The van der Waals surface area contributed by atoms with Gasteiger partial charge in [-0.2, -0.15) is 0 Å². The van der Waals surface area contributed by atoms with E-state index < -0.39 is 20.9 Å². The number of sulfonamides is 1. The molecule has 0 aromatic heterocycles. The number of carbonyl (C=O) groups is 1. The van der Waals surface area contributed by atoms with Gasteiger partial charge in [0.1, 0.15) is 0 Å². The molecule has 0 unspecified atom stereocenters. The van der Waals surface area contributed by atoms with Crippen LogP contribution in [0, 0.1) is 17.0 Å². The maximum atomic E-state index is 13.0. The van der Waals surface area contributed by atoms with E-state index in [0.717, 1.165) is 10.4 Å². The Morgan fingerprint density at radius 3 is 2.31 bits per heavy atom. The van der Waals surface area contributed by atoms with Gasteiger partial charge in [-0.15, -0.1) is 0 Å². The summed E-state index contributed by atoms with van der Waals surface area (Å²) in [5, 5.41) is 11.0. The van der Waals surface area contributed by atoms with E-state index in [1.54, 1.807) is 13.8 Å². The number of non-ortho nitro benzene ring substituents is 1. The van der Waals surface area contributed by atoms with Crippen molar-refractivity contribution in [3.8, 4) is 0 Å². The number of hydrogen-bond acceptors (Lipinski definition) is 6. The number of anilines is 1. The molecule has 2 rings (SSSR count). The first kappa shape index (κ1) is 19.4. The van der Waals surface area contributed by atoms with E-state index in [4.69, 9.17) is 0 Å². The smallest absolute Gasteiger partial charge is 0.337 e. The highest BCUT2D eigenvalue weighted by Gasteiger charge is 2.27. The number of esters is 1. The fourth-order valence-electron chi connectivity index (χ4n) is 2.47. The third kappa shape index (κ3) is 3.67. The summed E-state index contributed by atoms with van der Waals surface area (Å²) in [5.74, 6) is -0.531. The summed E-state index contributed by atoms with van der Waals surface area (Å²) in [5.41, 5.74) is 0.730. The molecular weight excluding hydrogens is 360 g/mol. The van der Waals surface area contributed by atoms with Crippen LogP contribution in [0.15, 0.2) is 47.4 Å². The summed E-state index contributed by atoms with van der Waals surface area (Å²) in [4.78, 5) is 21.7. The van der Waals surface area contributed by atoms with Crippen molar-refractivity contribution in [3.05, 3.63) is 63.7 Å². The quantitative estimate of drug-likeness (QED) is 0.435. The molecule has 26 heavy (non-hydrogen) atoms. The number of nitrogens with zero attached hydrogens (tertiary/aromatic N) is 2. The molecule has 0 N–H and O–H groups in total. The van der Waals surface area contributed by atoms with Crippen LogP contribution in [0.3, 0.4) is 0 Å². The Hall–Kier alpha value is -2.94. The van der Waals surface area contributed by atoms with E-state index in [2.05, 4.69) is 4.74 Å². The van der Waals surface area contributed by atoms with Gasteiger partial charge in [0, 0.05) is 18.7 Å². The van der Waals surface area contributed by atoms with Crippen LogP contribution < -0.4 is 4.31 Å². The molecule has 0 saturated carbocycles. The number of benzene rings is 2. The molecule has 0 heterocycles. The lowest BCUT2D eigenvalue weighted by atomic mass is 10.2. The predicted molar refractivity (Wildman–Crippen MR) is 95.8 cm³/mol. The molecule has 9 heteroatoms. The van der Waals surface area contributed by atoms with Crippen LogP contribution in [0.1, 0.15) is 22.8 Å². The fourth-order valence-corrected chi connectivity index (χ4v) is 4.19. The Labute approximate surface area is 151 Å². The Balaban J connectivity index is 2.50. The Bertz CT molecular complexity index is 938. The highest BCUT2D eigenvalue weighted by atomic mass is 32.2. The molecule has 0 aliphatic rings. The minimum absolute atomic E-state index is 0.113. The molecule has 0 amide bonds. The van der Waals surface area contributed by atoms with Gasteiger partial charge in [0.05, 0.1) is 28.2 Å². The molecule has 2 aromatic rings. The van der Waals surface area contributed by atoms with Crippen molar-refractivity contribution in [2.75, 3.05) is 18.0 Å². The van der Waals surface area contributed by atoms with E-state index in [9.17, 15) is 23.3 Å². The monoisotopic (exact) mass is 378 g/mol. The van der Waals surface area contributed by atoms with Crippen molar-refractivity contribution < 1.29 is 22.9 Å². The molecule has 0 atom stereocenters. The lowest BCUT2D eigenvalue weighted by Gasteiger charge is -2.24. The summed E-state index contributed by atoms with van der Waals surface area (Å²) >= 11 is 0. The lowest BCUT2D eigenvalue weighted by Crippen LogP contribution is -2.31. The van der Waals surface area contributed by atoms with Gasteiger partial charge in [-0.3, -0.25) is 14.4 Å². The first-order chi connectivity index (χ1) is 12.2. The number of hydrogen-bond donors (Lipinski definition) is 0.